The van der Waals surface area contributed by atoms with Crippen LogP contribution in [0.15, 0.2) is 25.0 Å². The topological polar surface area (TPSA) is 17.8 Å². The Labute approximate surface area is 87.8 Å². The van der Waals surface area contributed by atoms with Crippen molar-refractivity contribution < 1.29 is 0 Å². The molecule has 0 aliphatic heterocycles. The van der Waals surface area contributed by atoms with Crippen LogP contribution in [0, 0.1) is 5.41 Å². The van der Waals surface area contributed by atoms with Crippen molar-refractivity contribution in [3.05, 3.63) is 30.6 Å². The fourth-order valence-electron chi connectivity index (χ4n) is 1.20. The monoisotopic (exact) mass is 242 g/mol. The lowest BCUT2D eigenvalue weighted by Gasteiger charge is -2.21. The maximum Gasteiger partial charge on any atom is 0.0521 e. The Morgan fingerprint density at radius 1 is 1.77 bits per heavy atom. The number of rotatable bonds is 4. The summed E-state index contributed by atoms with van der Waals surface area (Å²) >= 11 is 3.50. The van der Waals surface area contributed by atoms with Crippen LogP contribution in [0.4, 0.5) is 0 Å². The van der Waals surface area contributed by atoms with Crippen LogP contribution < -0.4 is 0 Å². The molecule has 72 valence electrons. The van der Waals surface area contributed by atoms with Gasteiger partial charge < -0.3 is 0 Å². The summed E-state index contributed by atoms with van der Waals surface area (Å²) < 4.78 is 1.83. The van der Waals surface area contributed by atoms with Crippen molar-refractivity contribution in [3.8, 4) is 0 Å². The summed E-state index contributed by atoms with van der Waals surface area (Å²) in [7, 11) is 1.93. The third-order valence-electron chi connectivity index (χ3n) is 2.16. The Hall–Kier alpha value is -0.570. The molecule has 0 radical (unpaired) electrons. The van der Waals surface area contributed by atoms with E-state index in [4.69, 9.17) is 0 Å². The second-order valence-corrected chi connectivity index (χ2v) is 4.25. The molecule has 0 N–H and O–H groups in total. The first kappa shape index (κ1) is 10.5. The smallest absolute Gasteiger partial charge is 0.0521 e. The van der Waals surface area contributed by atoms with Crippen molar-refractivity contribution in [2.24, 2.45) is 12.5 Å². The number of hydrogen-bond donors (Lipinski definition) is 0. The third kappa shape index (κ3) is 2.69. The Morgan fingerprint density at radius 2 is 2.46 bits per heavy atom. The number of allylic oxidation sites excluding steroid dienone is 1. The van der Waals surface area contributed by atoms with E-state index in [1.807, 2.05) is 30.2 Å². The number of aryl methyl sites for hydroxylation is 1. The van der Waals surface area contributed by atoms with E-state index in [9.17, 15) is 0 Å². The van der Waals surface area contributed by atoms with Crippen molar-refractivity contribution in [2.45, 2.75) is 13.3 Å². The highest BCUT2D eigenvalue weighted by Crippen LogP contribution is 2.25. The molecular formula is C10H15BrN2. The molecule has 0 saturated carbocycles. The number of alkyl halides is 1. The fourth-order valence-corrected chi connectivity index (χ4v) is 1.63. The predicted octanol–water partition coefficient (Wildman–Crippen LogP) is 2.55. The number of halogens is 1. The lowest BCUT2D eigenvalue weighted by molar-refractivity contribution is 0.493. The van der Waals surface area contributed by atoms with Gasteiger partial charge in [0.1, 0.15) is 0 Å². The molecule has 3 heteroatoms. The van der Waals surface area contributed by atoms with Gasteiger partial charge in [-0.25, -0.2) is 0 Å². The van der Waals surface area contributed by atoms with E-state index >= 15 is 0 Å². The average Bonchev–Trinajstić information content (AvgIpc) is 2.51. The minimum Gasteiger partial charge on any atom is -0.276 e. The van der Waals surface area contributed by atoms with E-state index < -0.39 is 0 Å². The van der Waals surface area contributed by atoms with Crippen LogP contribution in [-0.4, -0.2) is 15.1 Å². The first-order valence-electron chi connectivity index (χ1n) is 4.27. The van der Waals surface area contributed by atoms with Crippen molar-refractivity contribution >= 4 is 15.9 Å². The Balaban J connectivity index is 2.72. The normalized spacial score (nSPS) is 15.3. The zero-order valence-corrected chi connectivity index (χ0v) is 9.71. The SMILES string of the molecule is C=CC(C)(CBr)Cc1cnn(C)c1. The highest BCUT2D eigenvalue weighted by Gasteiger charge is 2.19. The predicted molar refractivity (Wildman–Crippen MR) is 59.0 cm³/mol. The van der Waals surface area contributed by atoms with E-state index in [0.29, 0.717) is 0 Å². The largest absolute Gasteiger partial charge is 0.276 e. The average molecular weight is 243 g/mol. The van der Waals surface area contributed by atoms with Crippen LogP contribution in [0.2, 0.25) is 0 Å². The van der Waals surface area contributed by atoms with Gasteiger partial charge in [0.2, 0.25) is 0 Å². The van der Waals surface area contributed by atoms with Crippen molar-refractivity contribution in [2.75, 3.05) is 5.33 Å². The molecule has 0 aliphatic carbocycles. The molecule has 13 heavy (non-hydrogen) atoms. The summed E-state index contributed by atoms with van der Waals surface area (Å²) in [6, 6.07) is 0. The molecule has 0 amide bonds. The lowest BCUT2D eigenvalue weighted by atomic mass is 9.87. The van der Waals surface area contributed by atoms with Crippen LogP contribution in [0.3, 0.4) is 0 Å². The second kappa shape index (κ2) is 4.09. The Bertz CT molecular complexity index is 293. The molecular weight excluding hydrogens is 228 g/mol. The summed E-state index contributed by atoms with van der Waals surface area (Å²) in [4.78, 5) is 0. The van der Waals surface area contributed by atoms with Gasteiger partial charge in [0.25, 0.3) is 0 Å². The van der Waals surface area contributed by atoms with Crippen molar-refractivity contribution in [1.82, 2.24) is 9.78 Å². The first-order chi connectivity index (χ1) is 6.09. The highest BCUT2D eigenvalue weighted by molar-refractivity contribution is 9.09. The summed E-state index contributed by atoms with van der Waals surface area (Å²) in [6.45, 7) is 6.03. The van der Waals surface area contributed by atoms with Crippen molar-refractivity contribution in [3.63, 3.8) is 0 Å². The van der Waals surface area contributed by atoms with Gasteiger partial charge >= 0.3 is 0 Å². The van der Waals surface area contributed by atoms with Gasteiger partial charge in [-0.2, -0.15) is 5.10 Å². The number of nitrogens with zero attached hydrogens (tertiary/aromatic N) is 2. The minimum absolute atomic E-state index is 0.128. The molecule has 0 saturated heterocycles. The standard InChI is InChI=1S/C10H15BrN2/c1-4-10(2,8-11)5-9-6-12-13(3)7-9/h4,6-7H,1,5,8H2,2-3H3. The number of hydrogen-bond acceptors (Lipinski definition) is 1. The third-order valence-corrected chi connectivity index (χ3v) is 3.45. The van der Waals surface area contributed by atoms with Gasteiger partial charge in [-0.05, 0) is 17.4 Å². The molecule has 0 aromatic carbocycles. The zero-order valence-electron chi connectivity index (χ0n) is 8.13. The molecule has 1 aromatic heterocycles. The molecule has 2 nitrogen and oxygen atoms in total. The fraction of sp³-hybridized carbons (Fsp3) is 0.500. The molecule has 1 heterocycles. The van der Waals surface area contributed by atoms with Gasteiger partial charge in [0.05, 0.1) is 6.20 Å². The molecule has 1 unspecified atom stereocenters. The van der Waals surface area contributed by atoms with Crippen LogP contribution >= 0.6 is 15.9 Å². The highest BCUT2D eigenvalue weighted by atomic mass is 79.9. The summed E-state index contributed by atoms with van der Waals surface area (Å²) in [6.07, 6.45) is 6.93. The minimum atomic E-state index is 0.128. The Morgan fingerprint density at radius 3 is 2.85 bits per heavy atom. The maximum absolute atomic E-state index is 4.14. The first-order valence-corrected chi connectivity index (χ1v) is 5.39. The van der Waals surface area contributed by atoms with E-state index in [2.05, 4.69) is 34.5 Å². The number of aromatic nitrogens is 2. The summed E-state index contributed by atoms with van der Waals surface area (Å²) in [5, 5.41) is 5.07. The maximum atomic E-state index is 4.14. The van der Waals surface area contributed by atoms with E-state index in [1.54, 1.807) is 0 Å². The quantitative estimate of drug-likeness (QED) is 0.587. The van der Waals surface area contributed by atoms with Gasteiger partial charge in [0, 0.05) is 18.6 Å². The van der Waals surface area contributed by atoms with Crippen LogP contribution in [-0.2, 0) is 13.5 Å². The van der Waals surface area contributed by atoms with Crippen LogP contribution in [0.5, 0.6) is 0 Å². The van der Waals surface area contributed by atoms with Gasteiger partial charge in [-0.1, -0.05) is 28.9 Å². The van der Waals surface area contributed by atoms with E-state index in [1.165, 1.54) is 5.56 Å². The van der Waals surface area contributed by atoms with Crippen molar-refractivity contribution in [1.29, 1.82) is 0 Å². The van der Waals surface area contributed by atoms with Gasteiger partial charge in [-0.15, -0.1) is 6.58 Å². The molecule has 1 atom stereocenters. The summed E-state index contributed by atoms with van der Waals surface area (Å²) in [5.41, 5.74) is 1.38. The van der Waals surface area contributed by atoms with E-state index in [0.717, 1.165) is 11.8 Å². The molecule has 1 aromatic rings. The molecule has 1 rings (SSSR count). The Kier molecular flexibility index (Phi) is 3.31. The second-order valence-electron chi connectivity index (χ2n) is 3.69. The molecule has 0 aliphatic rings. The summed E-state index contributed by atoms with van der Waals surface area (Å²) in [5.74, 6) is 0. The molecule has 0 spiro atoms. The van der Waals surface area contributed by atoms with Crippen LogP contribution in [0.1, 0.15) is 12.5 Å². The van der Waals surface area contributed by atoms with Gasteiger partial charge in [-0.3, -0.25) is 4.68 Å². The van der Waals surface area contributed by atoms with Gasteiger partial charge in [0.15, 0.2) is 0 Å². The molecule has 0 fully saturated rings. The molecule has 0 bridgehead atoms. The van der Waals surface area contributed by atoms with Crippen LogP contribution in [0.25, 0.3) is 0 Å². The van der Waals surface area contributed by atoms with E-state index in [-0.39, 0.29) is 5.41 Å². The zero-order chi connectivity index (χ0) is 9.90. The lowest BCUT2D eigenvalue weighted by Crippen LogP contribution is -2.17.